The van der Waals surface area contributed by atoms with E-state index in [4.69, 9.17) is 21.1 Å². The van der Waals surface area contributed by atoms with E-state index in [1.54, 1.807) is 30.0 Å². The van der Waals surface area contributed by atoms with Crippen molar-refractivity contribution in [1.29, 1.82) is 0 Å². The number of pyridine rings is 1. The molecule has 2 amide bonds. The first-order chi connectivity index (χ1) is 12.0. The number of amides is 2. The number of aromatic nitrogens is 1. The summed E-state index contributed by atoms with van der Waals surface area (Å²) in [5.74, 6) is 0. The van der Waals surface area contributed by atoms with Gasteiger partial charge in [0.1, 0.15) is 0 Å². The quantitative estimate of drug-likeness (QED) is 0.882. The van der Waals surface area contributed by atoms with Gasteiger partial charge in [0.2, 0.25) is 0 Å². The van der Waals surface area contributed by atoms with Crippen molar-refractivity contribution >= 4 is 40.4 Å². The number of hydrogen-bond acceptors (Lipinski definition) is 5. The summed E-state index contributed by atoms with van der Waals surface area (Å²) in [4.78, 5) is 30.1. The molecular formula is C17H18ClN3O4. The molecule has 1 aliphatic heterocycles. The van der Waals surface area contributed by atoms with Gasteiger partial charge in [-0.05, 0) is 25.1 Å². The highest BCUT2D eigenvalue weighted by Gasteiger charge is 2.27. The van der Waals surface area contributed by atoms with Crippen LogP contribution in [0, 0.1) is 0 Å². The molecule has 2 heterocycles. The summed E-state index contributed by atoms with van der Waals surface area (Å²) >= 11 is 6.11. The zero-order chi connectivity index (χ0) is 18.0. The number of anilines is 1. The Morgan fingerprint density at radius 3 is 2.92 bits per heavy atom. The van der Waals surface area contributed by atoms with Crippen LogP contribution in [0.4, 0.5) is 15.3 Å². The Kier molecular flexibility index (Phi) is 4.94. The Balaban J connectivity index is 2.10. The van der Waals surface area contributed by atoms with Gasteiger partial charge in [-0.2, -0.15) is 0 Å². The minimum absolute atomic E-state index is 0.295. The van der Waals surface area contributed by atoms with E-state index in [0.717, 1.165) is 16.8 Å². The van der Waals surface area contributed by atoms with E-state index < -0.39 is 6.09 Å². The van der Waals surface area contributed by atoms with Gasteiger partial charge in [-0.15, -0.1) is 0 Å². The van der Waals surface area contributed by atoms with E-state index in [2.05, 4.69) is 10.3 Å². The molecule has 0 saturated carbocycles. The highest BCUT2D eigenvalue weighted by molar-refractivity contribution is 6.31. The van der Waals surface area contributed by atoms with Crippen molar-refractivity contribution in [3.8, 4) is 0 Å². The fourth-order valence-corrected chi connectivity index (χ4v) is 3.05. The van der Waals surface area contributed by atoms with Crippen LogP contribution in [0.5, 0.6) is 0 Å². The fraction of sp³-hybridized carbons (Fsp3) is 0.353. The second-order valence-corrected chi connectivity index (χ2v) is 6.00. The number of hydrogen-bond donors (Lipinski definition) is 1. The molecule has 0 fully saturated rings. The summed E-state index contributed by atoms with van der Waals surface area (Å²) in [6, 6.07) is 5.29. The molecule has 0 radical (unpaired) electrons. The Hall–Kier alpha value is -2.54. The molecule has 0 spiro atoms. The maximum absolute atomic E-state index is 12.1. The van der Waals surface area contributed by atoms with Crippen molar-refractivity contribution < 1.29 is 19.1 Å². The molecule has 0 unspecified atom stereocenters. The largest absolute Gasteiger partial charge is 0.453 e. The average molecular weight is 364 g/mol. The third-order valence-corrected chi connectivity index (χ3v) is 4.27. The summed E-state index contributed by atoms with van der Waals surface area (Å²) in [5, 5.41) is 3.97. The van der Waals surface area contributed by atoms with Gasteiger partial charge in [0.05, 0.1) is 31.5 Å². The number of carbonyl (C=O) groups is 2. The van der Waals surface area contributed by atoms with E-state index in [9.17, 15) is 9.59 Å². The maximum atomic E-state index is 12.1. The number of carbonyl (C=O) groups excluding carboxylic acids is 2. The van der Waals surface area contributed by atoms with Crippen LogP contribution >= 0.6 is 11.6 Å². The number of nitrogens with zero attached hydrogens (tertiary/aromatic N) is 2. The Morgan fingerprint density at radius 2 is 2.20 bits per heavy atom. The number of rotatable bonds is 2. The normalized spacial score (nSPS) is 13.3. The van der Waals surface area contributed by atoms with Crippen LogP contribution in [0.15, 0.2) is 18.2 Å². The van der Waals surface area contributed by atoms with Crippen LogP contribution in [-0.4, -0.2) is 42.3 Å². The smallest absolute Gasteiger partial charge is 0.411 e. The molecule has 1 aromatic heterocycles. The lowest BCUT2D eigenvalue weighted by atomic mass is 10.00. The first kappa shape index (κ1) is 17.3. The van der Waals surface area contributed by atoms with Gasteiger partial charge in [0.25, 0.3) is 0 Å². The second-order valence-electron chi connectivity index (χ2n) is 5.56. The predicted molar refractivity (Wildman–Crippen MR) is 93.9 cm³/mol. The lowest BCUT2D eigenvalue weighted by Crippen LogP contribution is -2.37. The summed E-state index contributed by atoms with van der Waals surface area (Å²) < 4.78 is 9.81. The predicted octanol–water partition coefficient (Wildman–Crippen LogP) is 3.58. The number of methoxy groups -OCH3 is 1. The number of nitrogens with one attached hydrogen (secondary N) is 1. The van der Waals surface area contributed by atoms with Crippen LogP contribution in [-0.2, 0) is 22.4 Å². The fourth-order valence-electron chi connectivity index (χ4n) is 2.88. The minimum atomic E-state index is -0.595. The van der Waals surface area contributed by atoms with E-state index in [1.807, 2.05) is 0 Å². The second kappa shape index (κ2) is 7.14. The van der Waals surface area contributed by atoms with E-state index in [0.29, 0.717) is 42.2 Å². The van der Waals surface area contributed by atoms with Crippen LogP contribution in [0.3, 0.4) is 0 Å². The number of halogens is 1. The van der Waals surface area contributed by atoms with Crippen molar-refractivity contribution in [2.45, 2.75) is 19.9 Å². The first-order valence-corrected chi connectivity index (χ1v) is 8.29. The third-order valence-electron chi connectivity index (χ3n) is 4.04. The van der Waals surface area contributed by atoms with Crippen molar-refractivity contribution in [3.63, 3.8) is 0 Å². The zero-order valence-corrected chi connectivity index (χ0v) is 14.7. The topological polar surface area (TPSA) is 80.8 Å². The van der Waals surface area contributed by atoms with Crippen LogP contribution in [0.25, 0.3) is 10.9 Å². The minimum Gasteiger partial charge on any atom is -0.453 e. The van der Waals surface area contributed by atoms with Gasteiger partial charge >= 0.3 is 12.2 Å². The Morgan fingerprint density at radius 1 is 1.40 bits per heavy atom. The molecule has 25 heavy (non-hydrogen) atoms. The van der Waals surface area contributed by atoms with E-state index in [1.165, 1.54) is 7.11 Å². The molecule has 1 N–H and O–H groups in total. The molecule has 0 saturated heterocycles. The zero-order valence-electron chi connectivity index (χ0n) is 14.0. The van der Waals surface area contributed by atoms with Crippen molar-refractivity contribution in [2.75, 3.05) is 25.6 Å². The van der Waals surface area contributed by atoms with Crippen LogP contribution in [0.1, 0.15) is 18.2 Å². The van der Waals surface area contributed by atoms with Crippen molar-refractivity contribution in [1.82, 2.24) is 9.88 Å². The van der Waals surface area contributed by atoms with Gasteiger partial charge in [0, 0.05) is 34.6 Å². The molecular weight excluding hydrogens is 346 g/mol. The molecule has 8 heteroatoms. The lowest BCUT2D eigenvalue weighted by molar-refractivity contribution is 0.102. The molecule has 1 aromatic carbocycles. The van der Waals surface area contributed by atoms with Crippen molar-refractivity contribution in [3.05, 3.63) is 34.5 Å². The molecule has 3 rings (SSSR count). The SMILES string of the molecule is CCOC(=O)N1CCc2nc3ccc(Cl)cc3c(NC(=O)OC)c2C1. The van der Waals surface area contributed by atoms with Gasteiger partial charge < -0.3 is 14.4 Å². The van der Waals surface area contributed by atoms with Crippen LogP contribution in [0.2, 0.25) is 5.02 Å². The van der Waals surface area contributed by atoms with Crippen molar-refractivity contribution in [2.24, 2.45) is 0 Å². The molecule has 7 nitrogen and oxygen atoms in total. The summed E-state index contributed by atoms with van der Waals surface area (Å²) in [6.45, 7) is 2.87. The Bertz CT molecular complexity index is 840. The monoisotopic (exact) mass is 363 g/mol. The lowest BCUT2D eigenvalue weighted by Gasteiger charge is -2.29. The first-order valence-electron chi connectivity index (χ1n) is 7.91. The van der Waals surface area contributed by atoms with Gasteiger partial charge in [0.15, 0.2) is 0 Å². The highest BCUT2D eigenvalue weighted by Crippen LogP contribution is 2.34. The Labute approximate surface area is 149 Å². The highest BCUT2D eigenvalue weighted by atomic mass is 35.5. The molecule has 0 aliphatic carbocycles. The van der Waals surface area contributed by atoms with E-state index in [-0.39, 0.29) is 6.09 Å². The number of benzene rings is 1. The number of fused-ring (bicyclic) bond motifs is 2. The standard InChI is InChI=1S/C17H18ClN3O4/c1-3-25-17(23)21-7-6-14-12(9-21)15(20-16(22)24-2)11-8-10(18)4-5-13(11)19-14/h4-5,8H,3,6-7,9H2,1-2H3,(H,19,20,22). The average Bonchev–Trinajstić information content (AvgIpc) is 2.61. The van der Waals surface area contributed by atoms with Gasteiger partial charge in [-0.3, -0.25) is 10.3 Å². The van der Waals surface area contributed by atoms with Gasteiger partial charge in [-0.25, -0.2) is 9.59 Å². The van der Waals surface area contributed by atoms with E-state index >= 15 is 0 Å². The summed E-state index contributed by atoms with van der Waals surface area (Å²) in [7, 11) is 1.29. The molecule has 1 aliphatic rings. The summed E-state index contributed by atoms with van der Waals surface area (Å²) in [5.41, 5.74) is 2.88. The molecule has 2 aromatic rings. The molecule has 132 valence electrons. The molecule has 0 bridgehead atoms. The van der Waals surface area contributed by atoms with Crippen LogP contribution < -0.4 is 5.32 Å². The number of ether oxygens (including phenoxy) is 2. The van der Waals surface area contributed by atoms with Gasteiger partial charge in [-0.1, -0.05) is 11.6 Å². The molecule has 0 atom stereocenters. The summed E-state index contributed by atoms with van der Waals surface area (Å²) in [6.07, 6.45) is -0.408. The maximum Gasteiger partial charge on any atom is 0.411 e. The third kappa shape index (κ3) is 3.46.